The zero-order valence-corrected chi connectivity index (χ0v) is 11.8. The maximum atomic E-state index is 12.1. The summed E-state index contributed by atoms with van der Waals surface area (Å²) in [4.78, 5) is 23.4. The Morgan fingerprint density at radius 2 is 2.05 bits per heavy atom. The monoisotopic (exact) mass is 306 g/mol. The first-order chi connectivity index (χ1) is 10.1. The van der Waals surface area contributed by atoms with Gasteiger partial charge >= 0.3 is 5.97 Å². The number of nitrogens with two attached hydrogens (primary N) is 1. The number of carbonyl (C=O) groups excluding carboxylic acids is 1. The molecule has 7 heteroatoms. The highest BCUT2D eigenvalue weighted by atomic mass is 32.1. The third-order valence-electron chi connectivity index (χ3n) is 2.63. The minimum absolute atomic E-state index is 0.284. The summed E-state index contributed by atoms with van der Waals surface area (Å²) in [5, 5.41) is 13.1. The number of carboxylic acids is 1. The average molecular weight is 306 g/mol. The number of benzene rings is 1. The lowest BCUT2D eigenvalue weighted by Gasteiger charge is -2.14. The molecule has 1 aromatic carbocycles. The molecule has 21 heavy (non-hydrogen) atoms. The second kappa shape index (κ2) is 6.87. The van der Waals surface area contributed by atoms with Crippen molar-refractivity contribution in [1.82, 2.24) is 0 Å². The largest absolute Gasteiger partial charge is 0.480 e. The molecule has 0 saturated carbocycles. The summed E-state index contributed by atoms with van der Waals surface area (Å²) in [5.41, 5.74) is 6.25. The van der Waals surface area contributed by atoms with Crippen molar-refractivity contribution in [2.45, 2.75) is 6.04 Å². The Labute approximate surface area is 125 Å². The van der Waals surface area contributed by atoms with Crippen LogP contribution in [0.2, 0.25) is 0 Å². The number of thiophene rings is 1. The van der Waals surface area contributed by atoms with Crippen molar-refractivity contribution in [1.29, 1.82) is 0 Å². The van der Waals surface area contributed by atoms with Crippen LogP contribution in [0, 0.1) is 0 Å². The van der Waals surface area contributed by atoms with Crippen molar-refractivity contribution < 1.29 is 19.4 Å². The van der Waals surface area contributed by atoms with Crippen molar-refractivity contribution in [3.8, 4) is 5.75 Å². The second-order valence-electron chi connectivity index (χ2n) is 4.16. The fraction of sp³-hybridized carbons (Fsp3) is 0.143. The summed E-state index contributed by atoms with van der Waals surface area (Å²) < 4.78 is 5.12. The van der Waals surface area contributed by atoms with Gasteiger partial charge in [-0.15, -0.1) is 11.3 Å². The molecule has 1 unspecified atom stereocenters. The van der Waals surface area contributed by atoms with Gasteiger partial charge in [0.1, 0.15) is 11.8 Å². The van der Waals surface area contributed by atoms with Gasteiger partial charge in [-0.05, 0) is 23.6 Å². The van der Waals surface area contributed by atoms with Gasteiger partial charge in [-0.25, -0.2) is 4.79 Å². The van der Waals surface area contributed by atoms with E-state index >= 15 is 0 Å². The first-order valence-corrected chi connectivity index (χ1v) is 6.99. The third-order valence-corrected chi connectivity index (χ3v) is 3.58. The zero-order valence-electron chi connectivity index (χ0n) is 11.0. The van der Waals surface area contributed by atoms with Crippen LogP contribution < -0.4 is 15.8 Å². The molecular weight excluding hydrogens is 292 g/mol. The lowest BCUT2D eigenvalue weighted by Crippen LogP contribution is -2.27. The number of carboxylic acid groups (broad SMARTS) is 1. The molecule has 0 saturated heterocycles. The van der Waals surface area contributed by atoms with E-state index in [0.29, 0.717) is 5.69 Å². The molecule has 6 nitrogen and oxygen atoms in total. The molecule has 1 atom stereocenters. The summed E-state index contributed by atoms with van der Waals surface area (Å²) in [6.45, 7) is -0.482. The van der Waals surface area contributed by atoms with E-state index < -0.39 is 18.6 Å². The topological polar surface area (TPSA) is 102 Å². The van der Waals surface area contributed by atoms with E-state index in [4.69, 9.17) is 15.6 Å². The predicted molar refractivity (Wildman–Crippen MR) is 79.4 cm³/mol. The molecule has 0 aliphatic rings. The maximum Gasteiger partial charge on any atom is 0.341 e. The van der Waals surface area contributed by atoms with Crippen molar-refractivity contribution in [3.05, 3.63) is 46.7 Å². The Balaban J connectivity index is 2.08. The highest BCUT2D eigenvalue weighted by molar-refractivity contribution is 7.10. The van der Waals surface area contributed by atoms with Crippen LogP contribution in [0.4, 0.5) is 5.69 Å². The van der Waals surface area contributed by atoms with Crippen LogP contribution in [0.5, 0.6) is 5.75 Å². The van der Waals surface area contributed by atoms with Gasteiger partial charge in [0.15, 0.2) is 6.61 Å². The number of ether oxygens (including phenoxy) is 1. The molecule has 0 radical (unpaired) electrons. The summed E-state index contributed by atoms with van der Waals surface area (Å²) in [6.07, 6.45) is 0. The standard InChI is InChI=1S/C14H14N2O4S/c15-13(11-6-3-7-21-11)14(19)16-9-4-1-2-5-10(9)20-8-12(17)18/h1-7,13H,8,15H2,(H,16,19)(H,17,18). The molecule has 2 aromatic rings. The molecule has 2 rings (SSSR count). The number of hydrogen-bond donors (Lipinski definition) is 3. The number of rotatable bonds is 6. The Morgan fingerprint density at radius 1 is 1.29 bits per heavy atom. The molecule has 1 amide bonds. The van der Waals surface area contributed by atoms with E-state index in [0.717, 1.165) is 4.88 Å². The Kier molecular flexibility index (Phi) is 4.91. The summed E-state index contributed by atoms with van der Waals surface area (Å²) in [5.74, 6) is -1.19. The number of carbonyl (C=O) groups is 2. The molecule has 4 N–H and O–H groups in total. The van der Waals surface area contributed by atoms with E-state index in [1.165, 1.54) is 11.3 Å². The number of anilines is 1. The van der Waals surface area contributed by atoms with Crippen LogP contribution in [0.1, 0.15) is 10.9 Å². The smallest absolute Gasteiger partial charge is 0.341 e. The number of para-hydroxylation sites is 2. The van der Waals surface area contributed by atoms with E-state index in [1.807, 2.05) is 11.4 Å². The highest BCUT2D eigenvalue weighted by Crippen LogP contribution is 2.25. The average Bonchev–Trinajstić information content (AvgIpc) is 2.99. The van der Waals surface area contributed by atoms with Crippen LogP contribution in [0.25, 0.3) is 0 Å². The van der Waals surface area contributed by atoms with E-state index in [9.17, 15) is 9.59 Å². The Morgan fingerprint density at radius 3 is 2.71 bits per heavy atom. The SMILES string of the molecule is NC(C(=O)Nc1ccccc1OCC(=O)O)c1cccs1. The quantitative estimate of drug-likeness (QED) is 0.756. The third kappa shape index (κ3) is 4.04. The van der Waals surface area contributed by atoms with Crippen LogP contribution >= 0.6 is 11.3 Å². The fourth-order valence-electron chi connectivity index (χ4n) is 1.64. The Bertz CT molecular complexity index is 628. The maximum absolute atomic E-state index is 12.1. The molecule has 0 aliphatic heterocycles. The van der Waals surface area contributed by atoms with Crippen LogP contribution in [0.3, 0.4) is 0 Å². The lowest BCUT2D eigenvalue weighted by molar-refractivity contribution is -0.139. The fourth-order valence-corrected chi connectivity index (χ4v) is 2.37. The van der Waals surface area contributed by atoms with Gasteiger partial charge in [0.2, 0.25) is 5.91 Å². The summed E-state index contributed by atoms with van der Waals surface area (Å²) in [7, 11) is 0. The first-order valence-electron chi connectivity index (χ1n) is 6.11. The van der Waals surface area contributed by atoms with E-state index in [-0.39, 0.29) is 11.7 Å². The van der Waals surface area contributed by atoms with E-state index in [1.54, 1.807) is 30.3 Å². The van der Waals surface area contributed by atoms with Gasteiger partial charge in [0.25, 0.3) is 0 Å². The molecule has 1 aromatic heterocycles. The number of amides is 1. The van der Waals surface area contributed by atoms with Gasteiger partial charge < -0.3 is 20.9 Å². The van der Waals surface area contributed by atoms with Crippen molar-refractivity contribution in [2.24, 2.45) is 5.73 Å². The van der Waals surface area contributed by atoms with Gasteiger partial charge in [-0.1, -0.05) is 18.2 Å². The van der Waals surface area contributed by atoms with Crippen LogP contribution in [-0.2, 0) is 9.59 Å². The van der Waals surface area contributed by atoms with Gasteiger partial charge in [0.05, 0.1) is 5.69 Å². The Hall–Kier alpha value is -2.38. The minimum Gasteiger partial charge on any atom is -0.480 e. The number of hydrogen-bond acceptors (Lipinski definition) is 5. The molecule has 0 aliphatic carbocycles. The molecule has 0 fully saturated rings. The molecule has 1 heterocycles. The molecule has 0 bridgehead atoms. The lowest BCUT2D eigenvalue weighted by atomic mass is 10.2. The number of nitrogens with one attached hydrogen (secondary N) is 1. The van der Waals surface area contributed by atoms with Gasteiger partial charge in [0, 0.05) is 4.88 Å². The summed E-state index contributed by atoms with van der Waals surface area (Å²) >= 11 is 1.39. The molecule has 0 spiro atoms. The second-order valence-corrected chi connectivity index (χ2v) is 5.14. The van der Waals surface area contributed by atoms with E-state index in [2.05, 4.69) is 5.32 Å². The van der Waals surface area contributed by atoms with Crippen LogP contribution in [-0.4, -0.2) is 23.6 Å². The minimum atomic E-state index is -1.09. The molecular formula is C14H14N2O4S. The van der Waals surface area contributed by atoms with Gasteiger partial charge in [-0.2, -0.15) is 0 Å². The highest BCUT2D eigenvalue weighted by Gasteiger charge is 2.18. The van der Waals surface area contributed by atoms with Crippen molar-refractivity contribution in [2.75, 3.05) is 11.9 Å². The normalized spacial score (nSPS) is 11.7. The van der Waals surface area contributed by atoms with Crippen molar-refractivity contribution in [3.63, 3.8) is 0 Å². The predicted octanol–water partition coefficient (Wildman–Crippen LogP) is 1.85. The molecule has 110 valence electrons. The summed E-state index contributed by atoms with van der Waals surface area (Å²) in [6, 6.07) is 9.41. The van der Waals surface area contributed by atoms with Gasteiger partial charge in [-0.3, -0.25) is 4.79 Å². The van der Waals surface area contributed by atoms with Crippen molar-refractivity contribution >= 4 is 28.9 Å². The number of aliphatic carboxylic acids is 1. The van der Waals surface area contributed by atoms with Crippen LogP contribution in [0.15, 0.2) is 41.8 Å². The zero-order chi connectivity index (χ0) is 15.2. The first kappa shape index (κ1) is 15.0.